The van der Waals surface area contributed by atoms with E-state index in [0.717, 1.165) is 0 Å². The SMILES string of the molecule is O=CNC(=O)c1cn[nH]n1. The van der Waals surface area contributed by atoms with E-state index in [1.807, 2.05) is 5.32 Å². The molecule has 10 heavy (non-hydrogen) atoms. The zero-order valence-corrected chi connectivity index (χ0v) is 4.87. The second-order valence-corrected chi connectivity index (χ2v) is 1.45. The Morgan fingerprint density at radius 3 is 3.10 bits per heavy atom. The second kappa shape index (κ2) is 2.72. The third-order valence-corrected chi connectivity index (χ3v) is 0.838. The van der Waals surface area contributed by atoms with Crippen LogP contribution in [0.4, 0.5) is 0 Å². The van der Waals surface area contributed by atoms with Gasteiger partial charge in [-0.3, -0.25) is 14.9 Å². The van der Waals surface area contributed by atoms with Gasteiger partial charge in [-0.15, -0.1) is 0 Å². The second-order valence-electron chi connectivity index (χ2n) is 1.45. The van der Waals surface area contributed by atoms with Gasteiger partial charge in [-0.05, 0) is 0 Å². The molecule has 0 saturated heterocycles. The number of imide groups is 1. The molecule has 0 saturated carbocycles. The summed E-state index contributed by atoms with van der Waals surface area (Å²) in [6, 6.07) is 0. The smallest absolute Gasteiger partial charge is 0.279 e. The highest BCUT2D eigenvalue weighted by molar-refractivity contribution is 5.97. The fraction of sp³-hybridized carbons (Fsp3) is 0. The van der Waals surface area contributed by atoms with Crippen LogP contribution in [0.25, 0.3) is 0 Å². The maximum Gasteiger partial charge on any atom is 0.279 e. The Labute approximate surface area is 55.6 Å². The van der Waals surface area contributed by atoms with Gasteiger partial charge in [0, 0.05) is 0 Å². The molecule has 0 spiro atoms. The third-order valence-electron chi connectivity index (χ3n) is 0.838. The zero-order chi connectivity index (χ0) is 7.40. The van der Waals surface area contributed by atoms with Crippen molar-refractivity contribution in [1.82, 2.24) is 20.7 Å². The van der Waals surface area contributed by atoms with Crippen molar-refractivity contribution in [1.29, 1.82) is 0 Å². The molecule has 6 heteroatoms. The fourth-order valence-electron chi connectivity index (χ4n) is 0.438. The van der Waals surface area contributed by atoms with E-state index in [2.05, 4.69) is 15.4 Å². The zero-order valence-electron chi connectivity index (χ0n) is 4.87. The molecule has 0 aliphatic rings. The molecular formula is C4H4N4O2. The van der Waals surface area contributed by atoms with Crippen LogP contribution in [0.5, 0.6) is 0 Å². The predicted octanol–water partition coefficient (Wildman–Crippen LogP) is -1.31. The number of aromatic nitrogens is 3. The number of rotatable bonds is 2. The monoisotopic (exact) mass is 140 g/mol. The highest BCUT2D eigenvalue weighted by Gasteiger charge is 2.05. The highest BCUT2D eigenvalue weighted by atomic mass is 16.2. The molecule has 52 valence electrons. The number of nitrogens with one attached hydrogen (secondary N) is 2. The molecule has 0 aromatic carbocycles. The number of amides is 2. The fourth-order valence-corrected chi connectivity index (χ4v) is 0.438. The van der Waals surface area contributed by atoms with Gasteiger partial charge in [-0.1, -0.05) is 0 Å². The number of hydrogen-bond acceptors (Lipinski definition) is 4. The van der Waals surface area contributed by atoms with Gasteiger partial charge in [-0.2, -0.15) is 15.4 Å². The van der Waals surface area contributed by atoms with Crippen LogP contribution in [0.15, 0.2) is 6.20 Å². The molecule has 0 radical (unpaired) electrons. The lowest BCUT2D eigenvalue weighted by molar-refractivity contribution is -0.108. The maximum absolute atomic E-state index is 10.6. The van der Waals surface area contributed by atoms with Gasteiger partial charge in [0.05, 0.1) is 6.20 Å². The first-order valence-electron chi connectivity index (χ1n) is 2.45. The summed E-state index contributed by atoms with van der Waals surface area (Å²) in [5, 5.41) is 10.9. The van der Waals surface area contributed by atoms with Crippen molar-refractivity contribution in [3.05, 3.63) is 11.9 Å². The molecule has 6 nitrogen and oxygen atoms in total. The van der Waals surface area contributed by atoms with E-state index in [0.29, 0.717) is 0 Å². The van der Waals surface area contributed by atoms with E-state index >= 15 is 0 Å². The van der Waals surface area contributed by atoms with Gasteiger partial charge >= 0.3 is 0 Å². The average molecular weight is 140 g/mol. The Kier molecular flexibility index (Phi) is 1.74. The number of nitrogens with zero attached hydrogens (tertiary/aromatic N) is 2. The van der Waals surface area contributed by atoms with Crippen molar-refractivity contribution >= 4 is 12.3 Å². The number of hydrogen-bond donors (Lipinski definition) is 2. The van der Waals surface area contributed by atoms with E-state index in [9.17, 15) is 9.59 Å². The van der Waals surface area contributed by atoms with Gasteiger partial charge < -0.3 is 0 Å². The van der Waals surface area contributed by atoms with Crippen LogP contribution in [0, 0.1) is 0 Å². The Hall–Kier alpha value is -1.72. The molecule has 1 heterocycles. The molecule has 1 aromatic heterocycles. The summed E-state index contributed by atoms with van der Waals surface area (Å²) in [5.74, 6) is -0.566. The molecule has 2 amide bonds. The van der Waals surface area contributed by atoms with Crippen LogP contribution in [-0.2, 0) is 4.79 Å². The first-order chi connectivity index (χ1) is 4.84. The standard InChI is InChI=1S/C4H4N4O2/c9-2-5-4(10)3-1-6-8-7-3/h1-2H,(H,5,9,10)(H,6,7,8). The number of aromatic amines is 1. The van der Waals surface area contributed by atoms with Gasteiger partial charge in [0.1, 0.15) is 0 Å². The lowest BCUT2D eigenvalue weighted by atomic mass is 10.4. The third kappa shape index (κ3) is 1.16. The van der Waals surface area contributed by atoms with Crippen molar-refractivity contribution in [2.24, 2.45) is 0 Å². The van der Waals surface area contributed by atoms with Crippen LogP contribution < -0.4 is 5.32 Å². The topological polar surface area (TPSA) is 87.7 Å². The summed E-state index contributed by atoms with van der Waals surface area (Å²) < 4.78 is 0. The molecular weight excluding hydrogens is 136 g/mol. The molecule has 2 N–H and O–H groups in total. The molecule has 0 aliphatic heterocycles. The van der Waals surface area contributed by atoms with Crippen LogP contribution >= 0.6 is 0 Å². The number of carbonyl (C=O) groups is 2. The Morgan fingerprint density at radius 2 is 2.60 bits per heavy atom. The van der Waals surface area contributed by atoms with Crippen molar-refractivity contribution in [3.8, 4) is 0 Å². The lowest BCUT2D eigenvalue weighted by Crippen LogP contribution is -2.21. The van der Waals surface area contributed by atoms with Gasteiger partial charge in [0.25, 0.3) is 5.91 Å². The summed E-state index contributed by atoms with van der Waals surface area (Å²) in [4.78, 5) is 20.4. The highest BCUT2D eigenvalue weighted by Crippen LogP contribution is 1.85. The van der Waals surface area contributed by atoms with Crippen molar-refractivity contribution in [3.63, 3.8) is 0 Å². The molecule has 1 rings (SSSR count). The minimum Gasteiger partial charge on any atom is -0.293 e. The van der Waals surface area contributed by atoms with E-state index in [4.69, 9.17) is 0 Å². The lowest BCUT2D eigenvalue weighted by Gasteiger charge is -1.87. The minimum absolute atomic E-state index is 0.0899. The molecule has 0 unspecified atom stereocenters. The summed E-state index contributed by atoms with van der Waals surface area (Å²) in [7, 11) is 0. The summed E-state index contributed by atoms with van der Waals surface area (Å²) in [6.07, 6.45) is 1.51. The summed E-state index contributed by atoms with van der Waals surface area (Å²) >= 11 is 0. The average Bonchev–Trinajstić information content (AvgIpc) is 2.38. The van der Waals surface area contributed by atoms with Crippen LogP contribution in [-0.4, -0.2) is 27.7 Å². The quantitative estimate of drug-likeness (QED) is 0.499. The Morgan fingerprint density at radius 1 is 1.80 bits per heavy atom. The largest absolute Gasteiger partial charge is 0.293 e. The predicted molar refractivity (Wildman–Crippen MR) is 29.9 cm³/mol. The van der Waals surface area contributed by atoms with Crippen LogP contribution in [0.1, 0.15) is 10.5 Å². The van der Waals surface area contributed by atoms with E-state index in [1.165, 1.54) is 6.20 Å². The molecule has 0 fully saturated rings. The first kappa shape index (κ1) is 6.40. The van der Waals surface area contributed by atoms with Crippen LogP contribution in [0.3, 0.4) is 0 Å². The minimum atomic E-state index is -0.566. The molecule has 1 aromatic rings. The van der Waals surface area contributed by atoms with Gasteiger partial charge in [0.2, 0.25) is 6.41 Å². The van der Waals surface area contributed by atoms with Gasteiger partial charge in [0.15, 0.2) is 5.69 Å². The van der Waals surface area contributed by atoms with Gasteiger partial charge in [-0.25, -0.2) is 0 Å². The number of H-pyrrole nitrogens is 1. The Bertz CT molecular complexity index is 229. The van der Waals surface area contributed by atoms with Crippen molar-refractivity contribution in [2.45, 2.75) is 0 Å². The summed E-state index contributed by atoms with van der Waals surface area (Å²) in [5.41, 5.74) is 0.0899. The Balaban J connectivity index is 2.68. The molecule has 0 aliphatic carbocycles. The molecule has 0 atom stereocenters. The number of carbonyl (C=O) groups excluding carboxylic acids is 2. The van der Waals surface area contributed by atoms with E-state index < -0.39 is 5.91 Å². The first-order valence-corrected chi connectivity index (χ1v) is 2.45. The summed E-state index contributed by atoms with van der Waals surface area (Å²) in [6.45, 7) is 0. The van der Waals surface area contributed by atoms with Crippen LogP contribution in [0.2, 0.25) is 0 Å². The van der Waals surface area contributed by atoms with E-state index in [1.54, 1.807) is 0 Å². The van der Waals surface area contributed by atoms with Crippen molar-refractivity contribution in [2.75, 3.05) is 0 Å². The van der Waals surface area contributed by atoms with E-state index in [-0.39, 0.29) is 12.1 Å². The molecule has 0 bridgehead atoms. The normalized spacial score (nSPS) is 8.80. The maximum atomic E-state index is 10.6. The van der Waals surface area contributed by atoms with Crippen molar-refractivity contribution < 1.29 is 9.59 Å².